The fourth-order valence-electron chi connectivity index (χ4n) is 3.12. The summed E-state index contributed by atoms with van der Waals surface area (Å²) in [6, 6.07) is 0.889. The minimum Gasteiger partial charge on any atom is -0.326 e. The smallest absolute Gasteiger partial charge is 0.0371 e. The Morgan fingerprint density at radius 2 is 1.74 bits per heavy atom. The highest BCUT2D eigenvalue weighted by Crippen LogP contribution is 2.14. The van der Waals surface area contributed by atoms with Gasteiger partial charge in [0.15, 0.2) is 0 Å². The Morgan fingerprint density at radius 3 is 2.47 bits per heavy atom. The predicted octanol–water partition coefficient (Wildman–Crippen LogP) is 2.70. The SMILES string of the molecule is CCCCCCCCC(N)C1CN(C)CCCN1C. The third kappa shape index (κ3) is 6.73. The first-order valence-corrected chi connectivity index (χ1v) is 8.29. The van der Waals surface area contributed by atoms with Crippen LogP contribution in [0.3, 0.4) is 0 Å². The lowest BCUT2D eigenvalue weighted by Crippen LogP contribution is -2.50. The van der Waals surface area contributed by atoms with Gasteiger partial charge in [-0.25, -0.2) is 0 Å². The lowest BCUT2D eigenvalue weighted by Gasteiger charge is -2.32. The molecule has 114 valence electrons. The molecule has 0 bridgehead atoms. The second-order valence-corrected chi connectivity index (χ2v) is 6.38. The fraction of sp³-hybridized carbons (Fsp3) is 1.00. The van der Waals surface area contributed by atoms with Crippen LogP contribution in [0.15, 0.2) is 0 Å². The molecule has 0 aromatic heterocycles. The zero-order valence-corrected chi connectivity index (χ0v) is 13.4. The molecule has 0 aromatic rings. The number of rotatable bonds is 8. The van der Waals surface area contributed by atoms with E-state index in [0.29, 0.717) is 12.1 Å². The van der Waals surface area contributed by atoms with E-state index in [0.717, 1.165) is 6.54 Å². The van der Waals surface area contributed by atoms with Crippen molar-refractivity contribution in [3.05, 3.63) is 0 Å². The molecular weight excluding hydrogens is 234 g/mol. The molecule has 3 nitrogen and oxygen atoms in total. The summed E-state index contributed by atoms with van der Waals surface area (Å²) >= 11 is 0. The molecule has 0 saturated carbocycles. The highest BCUT2D eigenvalue weighted by molar-refractivity contribution is 4.85. The standard InChI is InChI=1S/C16H35N3/c1-4-5-6-7-8-9-11-15(17)16-14-18(2)12-10-13-19(16)3/h15-16H,4-14,17H2,1-3H3. The van der Waals surface area contributed by atoms with Gasteiger partial charge >= 0.3 is 0 Å². The molecule has 1 saturated heterocycles. The minimum absolute atomic E-state index is 0.344. The number of unbranched alkanes of at least 4 members (excludes halogenated alkanes) is 5. The van der Waals surface area contributed by atoms with Gasteiger partial charge in [-0.15, -0.1) is 0 Å². The average Bonchev–Trinajstić information content (AvgIpc) is 2.55. The maximum atomic E-state index is 6.44. The molecule has 1 aliphatic rings. The first-order valence-electron chi connectivity index (χ1n) is 8.29. The molecule has 1 rings (SSSR count). The van der Waals surface area contributed by atoms with Crippen molar-refractivity contribution in [2.75, 3.05) is 33.7 Å². The lowest BCUT2D eigenvalue weighted by atomic mass is 9.99. The van der Waals surface area contributed by atoms with Crippen molar-refractivity contribution in [2.45, 2.75) is 70.4 Å². The first kappa shape index (κ1) is 16.9. The molecule has 19 heavy (non-hydrogen) atoms. The van der Waals surface area contributed by atoms with Crippen LogP contribution in [0.2, 0.25) is 0 Å². The molecule has 0 aliphatic carbocycles. The maximum Gasteiger partial charge on any atom is 0.0371 e. The van der Waals surface area contributed by atoms with E-state index in [-0.39, 0.29) is 0 Å². The number of likely N-dealkylation sites (N-methyl/N-ethyl adjacent to an activating group) is 2. The molecule has 3 heteroatoms. The minimum atomic E-state index is 0.344. The van der Waals surface area contributed by atoms with E-state index in [2.05, 4.69) is 30.8 Å². The topological polar surface area (TPSA) is 32.5 Å². The van der Waals surface area contributed by atoms with Crippen molar-refractivity contribution in [3.63, 3.8) is 0 Å². The molecule has 0 radical (unpaired) electrons. The summed E-state index contributed by atoms with van der Waals surface area (Å²) in [5.74, 6) is 0. The Morgan fingerprint density at radius 1 is 1.05 bits per heavy atom. The van der Waals surface area contributed by atoms with E-state index in [4.69, 9.17) is 5.73 Å². The normalized spacial score (nSPS) is 24.3. The van der Waals surface area contributed by atoms with Crippen molar-refractivity contribution in [1.82, 2.24) is 9.80 Å². The van der Waals surface area contributed by atoms with E-state index >= 15 is 0 Å². The Hall–Kier alpha value is -0.120. The largest absolute Gasteiger partial charge is 0.326 e. The molecule has 1 aliphatic heterocycles. The summed E-state index contributed by atoms with van der Waals surface area (Å²) in [6.45, 7) is 5.81. The third-order valence-electron chi connectivity index (χ3n) is 4.50. The van der Waals surface area contributed by atoms with Crippen LogP contribution in [0.5, 0.6) is 0 Å². The van der Waals surface area contributed by atoms with Crippen LogP contribution in [0.1, 0.15) is 58.3 Å². The molecule has 2 unspecified atom stereocenters. The van der Waals surface area contributed by atoms with Crippen LogP contribution < -0.4 is 5.73 Å². The van der Waals surface area contributed by atoms with Crippen molar-refractivity contribution in [1.29, 1.82) is 0 Å². The van der Waals surface area contributed by atoms with Crippen molar-refractivity contribution in [3.8, 4) is 0 Å². The molecule has 0 amide bonds. The maximum absolute atomic E-state index is 6.44. The first-order chi connectivity index (χ1) is 9.15. The van der Waals surface area contributed by atoms with Gasteiger partial charge in [0.2, 0.25) is 0 Å². The Balaban J connectivity index is 2.20. The highest BCUT2D eigenvalue weighted by atomic mass is 15.2. The van der Waals surface area contributed by atoms with Crippen LogP contribution in [0.4, 0.5) is 0 Å². The molecule has 1 heterocycles. The number of nitrogens with zero attached hydrogens (tertiary/aromatic N) is 2. The van der Waals surface area contributed by atoms with Crippen LogP contribution in [-0.4, -0.2) is 55.6 Å². The van der Waals surface area contributed by atoms with Gasteiger partial charge in [0.05, 0.1) is 0 Å². The third-order valence-corrected chi connectivity index (χ3v) is 4.50. The number of hydrogen-bond acceptors (Lipinski definition) is 3. The van der Waals surface area contributed by atoms with E-state index in [1.165, 1.54) is 64.5 Å². The molecule has 0 aromatic carbocycles. The van der Waals surface area contributed by atoms with Crippen molar-refractivity contribution < 1.29 is 0 Å². The summed E-state index contributed by atoms with van der Waals surface area (Å²) in [4.78, 5) is 4.92. The summed E-state index contributed by atoms with van der Waals surface area (Å²) in [6.07, 6.45) is 10.6. The van der Waals surface area contributed by atoms with Crippen LogP contribution in [-0.2, 0) is 0 Å². The molecule has 2 atom stereocenters. The fourth-order valence-corrected chi connectivity index (χ4v) is 3.12. The molecular formula is C16H35N3. The van der Waals surface area contributed by atoms with Gasteiger partial charge in [0.25, 0.3) is 0 Å². The molecule has 2 N–H and O–H groups in total. The van der Waals surface area contributed by atoms with Crippen LogP contribution >= 0.6 is 0 Å². The Bertz CT molecular complexity index is 220. The van der Waals surface area contributed by atoms with E-state index < -0.39 is 0 Å². The van der Waals surface area contributed by atoms with Gasteiger partial charge < -0.3 is 15.5 Å². The number of hydrogen-bond donors (Lipinski definition) is 1. The highest BCUT2D eigenvalue weighted by Gasteiger charge is 2.25. The Kier molecular flexibility index (Phi) is 8.67. The van der Waals surface area contributed by atoms with E-state index in [1.807, 2.05) is 0 Å². The van der Waals surface area contributed by atoms with Gasteiger partial charge in [-0.3, -0.25) is 0 Å². The van der Waals surface area contributed by atoms with Gasteiger partial charge in [-0.2, -0.15) is 0 Å². The van der Waals surface area contributed by atoms with Gasteiger partial charge in [0.1, 0.15) is 0 Å². The predicted molar refractivity (Wildman–Crippen MR) is 84.5 cm³/mol. The van der Waals surface area contributed by atoms with Crippen LogP contribution in [0, 0.1) is 0 Å². The lowest BCUT2D eigenvalue weighted by molar-refractivity contribution is 0.189. The second-order valence-electron chi connectivity index (χ2n) is 6.38. The molecule has 1 fully saturated rings. The Labute approximate surface area is 120 Å². The van der Waals surface area contributed by atoms with Gasteiger partial charge in [-0.1, -0.05) is 45.4 Å². The summed E-state index contributed by atoms with van der Waals surface area (Å²) < 4.78 is 0. The monoisotopic (exact) mass is 269 g/mol. The van der Waals surface area contributed by atoms with Crippen molar-refractivity contribution in [2.24, 2.45) is 5.73 Å². The van der Waals surface area contributed by atoms with Crippen molar-refractivity contribution >= 4 is 0 Å². The summed E-state index contributed by atoms with van der Waals surface area (Å²) in [5.41, 5.74) is 6.44. The average molecular weight is 269 g/mol. The summed E-state index contributed by atoms with van der Waals surface area (Å²) in [7, 11) is 4.47. The van der Waals surface area contributed by atoms with Gasteiger partial charge in [-0.05, 0) is 40.0 Å². The van der Waals surface area contributed by atoms with E-state index in [9.17, 15) is 0 Å². The van der Waals surface area contributed by atoms with Gasteiger partial charge in [0, 0.05) is 18.6 Å². The number of nitrogens with two attached hydrogens (primary N) is 1. The second kappa shape index (κ2) is 9.73. The zero-order valence-electron chi connectivity index (χ0n) is 13.4. The quantitative estimate of drug-likeness (QED) is 0.688. The zero-order chi connectivity index (χ0) is 14.1. The van der Waals surface area contributed by atoms with Crippen LogP contribution in [0.25, 0.3) is 0 Å². The summed E-state index contributed by atoms with van der Waals surface area (Å²) in [5, 5.41) is 0. The van der Waals surface area contributed by atoms with E-state index in [1.54, 1.807) is 0 Å². The molecule has 0 spiro atoms.